The molecule has 106 valence electrons. The predicted molar refractivity (Wildman–Crippen MR) is 79.4 cm³/mol. The van der Waals surface area contributed by atoms with Gasteiger partial charge in [-0.1, -0.05) is 29.3 Å². The third kappa shape index (κ3) is 3.48. The fourth-order valence-corrected chi connectivity index (χ4v) is 2.22. The Balaban J connectivity index is 1.56. The standard InChI is InChI=1S/C15H15Cl2NO2/c16-13-2-1-3-14(15(13)17)19-9-12-7-6-11(20-12)8-18-10-4-5-10/h1-3,6-7,10,18H,4-5,8-9H2. The second-order valence-corrected chi connectivity index (χ2v) is 5.65. The monoisotopic (exact) mass is 311 g/mol. The maximum absolute atomic E-state index is 6.06. The molecule has 1 N–H and O–H groups in total. The van der Waals surface area contributed by atoms with Crippen molar-refractivity contribution in [2.45, 2.75) is 32.0 Å². The second kappa shape index (κ2) is 6.08. The van der Waals surface area contributed by atoms with Gasteiger partial charge < -0.3 is 14.5 Å². The summed E-state index contributed by atoms with van der Waals surface area (Å²) in [5.41, 5.74) is 0. The summed E-state index contributed by atoms with van der Waals surface area (Å²) in [4.78, 5) is 0. The molecule has 20 heavy (non-hydrogen) atoms. The molecule has 1 fully saturated rings. The van der Waals surface area contributed by atoms with Crippen molar-refractivity contribution in [2.24, 2.45) is 0 Å². The van der Waals surface area contributed by atoms with Crippen LogP contribution in [0.1, 0.15) is 24.4 Å². The van der Waals surface area contributed by atoms with Crippen LogP contribution in [-0.4, -0.2) is 6.04 Å². The summed E-state index contributed by atoms with van der Waals surface area (Å²) in [7, 11) is 0. The van der Waals surface area contributed by atoms with Crippen LogP contribution in [0.15, 0.2) is 34.7 Å². The van der Waals surface area contributed by atoms with Crippen molar-refractivity contribution in [1.29, 1.82) is 0 Å². The molecule has 0 atom stereocenters. The summed E-state index contributed by atoms with van der Waals surface area (Å²) in [6.07, 6.45) is 2.54. The van der Waals surface area contributed by atoms with Crippen molar-refractivity contribution in [2.75, 3.05) is 0 Å². The minimum absolute atomic E-state index is 0.337. The lowest BCUT2D eigenvalue weighted by Crippen LogP contribution is -2.14. The molecule has 3 rings (SSSR count). The van der Waals surface area contributed by atoms with E-state index in [2.05, 4.69) is 5.32 Å². The zero-order valence-electron chi connectivity index (χ0n) is 10.9. The molecular weight excluding hydrogens is 297 g/mol. The van der Waals surface area contributed by atoms with Crippen LogP contribution >= 0.6 is 23.2 Å². The van der Waals surface area contributed by atoms with Crippen LogP contribution in [0.3, 0.4) is 0 Å². The Labute approximate surface area is 127 Å². The van der Waals surface area contributed by atoms with E-state index >= 15 is 0 Å². The first-order valence-corrected chi connectivity index (χ1v) is 7.36. The van der Waals surface area contributed by atoms with E-state index in [1.807, 2.05) is 12.1 Å². The normalized spacial score (nSPS) is 14.5. The quantitative estimate of drug-likeness (QED) is 0.857. The van der Waals surface area contributed by atoms with E-state index in [4.69, 9.17) is 32.4 Å². The average molecular weight is 312 g/mol. The molecule has 0 amide bonds. The first-order valence-electron chi connectivity index (χ1n) is 6.60. The minimum Gasteiger partial charge on any atom is -0.484 e. The zero-order chi connectivity index (χ0) is 13.9. The van der Waals surface area contributed by atoms with Crippen molar-refractivity contribution in [3.63, 3.8) is 0 Å². The Morgan fingerprint density at radius 1 is 1.15 bits per heavy atom. The van der Waals surface area contributed by atoms with Crippen molar-refractivity contribution >= 4 is 23.2 Å². The smallest absolute Gasteiger partial charge is 0.146 e. The fraction of sp³-hybridized carbons (Fsp3) is 0.333. The summed E-state index contributed by atoms with van der Waals surface area (Å²) < 4.78 is 11.3. The molecule has 3 nitrogen and oxygen atoms in total. The highest BCUT2D eigenvalue weighted by Gasteiger charge is 2.20. The lowest BCUT2D eigenvalue weighted by atomic mass is 10.3. The van der Waals surface area contributed by atoms with E-state index in [0.717, 1.165) is 18.1 Å². The molecule has 2 aromatic rings. The number of hydrogen-bond acceptors (Lipinski definition) is 3. The van der Waals surface area contributed by atoms with Gasteiger partial charge in [-0.3, -0.25) is 0 Å². The molecule has 1 aromatic carbocycles. The molecule has 5 heteroatoms. The SMILES string of the molecule is Clc1cccc(OCc2ccc(CNC3CC3)o2)c1Cl. The third-order valence-corrected chi connectivity index (χ3v) is 3.95. The Morgan fingerprint density at radius 3 is 2.75 bits per heavy atom. The van der Waals surface area contributed by atoms with Gasteiger partial charge in [0.25, 0.3) is 0 Å². The lowest BCUT2D eigenvalue weighted by molar-refractivity contribution is 0.265. The van der Waals surface area contributed by atoms with Gasteiger partial charge in [0.1, 0.15) is 28.9 Å². The van der Waals surface area contributed by atoms with Crippen molar-refractivity contribution in [3.8, 4) is 5.75 Å². The largest absolute Gasteiger partial charge is 0.484 e. The number of rotatable bonds is 6. The lowest BCUT2D eigenvalue weighted by Gasteiger charge is -2.07. The van der Waals surface area contributed by atoms with E-state index < -0.39 is 0 Å². The molecule has 1 saturated carbocycles. The highest BCUT2D eigenvalue weighted by molar-refractivity contribution is 6.42. The first kappa shape index (κ1) is 13.8. The van der Waals surface area contributed by atoms with Gasteiger partial charge in [0.05, 0.1) is 11.6 Å². The van der Waals surface area contributed by atoms with Crippen LogP contribution in [0.5, 0.6) is 5.75 Å². The molecule has 0 aliphatic heterocycles. The van der Waals surface area contributed by atoms with E-state index in [9.17, 15) is 0 Å². The van der Waals surface area contributed by atoms with E-state index in [0.29, 0.717) is 28.4 Å². The summed E-state index contributed by atoms with van der Waals surface area (Å²) >= 11 is 12.0. The third-order valence-electron chi connectivity index (χ3n) is 3.15. The maximum Gasteiger partial charge on any atom is 0.146 e. The Bertz CT molecular complexity index is 593. The molecule has 1 aliphatic rings. The Hall–Kier alpha value is -1.16. The molecule has 1 aromatic heterocycles. The van der Waals surface area contributed by atoms with Gasteiger partial charge in [-0.05, 0) is 37.1 Å². The maximum atomic E-state index is 6.06. The van der Waals surface area contributed by atoms with Gasteiger partial charge in [0.15, 0.2) is 0 Å². The molecule has 0 unspecified atom stereocenters. The van der Waals surface area contributed by atoms with Gasteiger partial charge in [-0.25, -0.2) is 0 Å². The number of benzene rings is 1. The van der Waals surface area contributed by atoms with E-state index in [1.54, 1.807) is 18.2 Å². The van der Waals surface area contributed by atoms with Gasteiger partial charge in [-0.15, -0.1) is 0 Å². The van der Waals surface area contributed by atoms with E-state index in [-0.39, 0.29) is 0 Å². The van der Waals surface area contributed by atoms with Gasteiger partial charge in [0.2, 0.25) is 0 Å². The summed E-state index contributed by atoms with van der Waals surface area (Å²) in [6, 6.07) is 9.87. The summed E-state index contributed by atoms with van der Waals surface area (Å²) in [5.74, 6) is 2.26. The molecule has 0 spiro atoms. The minimum atomic E-state index is 0.337. The Morgan fingerprint density at radius 2 is 1.95 bits per heavy atom. The van der Waals surface area contributed by atoms with Crippen molar-refractivity contribution in [1.82, 2.24) is 5.32 Å². The van der Waals surface area contributed by atoms with Crippen LogP contribution in [0.2, 0.25) is 10.0 Å². The highest BCUT2D eigenvalue weighted by Crippen LogP contribution is 2.32. The topological polar surface area (TPSA) is 34.4 Å². The second-order valence-electron chi connectivity index (χ2n) is 4.86. The summed E-state index contributed by atoms with van der Waals surface area (Å²) in [5, 5.41) is 4.31. The number of ether oxygens (including phenoxy) is 1. The zero-order valence-corrected chi connectivity index (χ0v) is 12.4. The average Bonchev–Trinajstić information content (AvgIpc) is 3.17. The number of furan rings is 1. The fourth-order valence-electron chi connectivity index (χ4n) is 1.87. The van der Waals surface area contributed by atoms with Crippen LogP contribution in [0.4, 0.5) is 0 Å². The van der Waals surface area contributed by atoms with Crippen molar-refractivity contribution < 1.29 is 9.15 Å². The number of nitrogens with one attached hydrogen (secondary N) is 1. The van der Waals surface area contributed by atoms with Crippen LogP contribution in [-0.2, 0) is 13.2 Å². The van der Waals surface area contributed by atoms with E-state index in [1.165, 1.54) is 12.8 Å². The number of hydrogen-bond donors (Lipinski definition) is 1. The van der Waals surface area contributed by atoms with Gasteiger partial charge in [-0.2, -0.15) is 0 Å². The predicted octanol–water partition coefficient (Wildman–Crippen LogP) is 4.42. The van der Waals surface area contributed by atoms with Crippen LogP contribution in [0, 0.1) is 0 Å². The first-order chi connectivity index (χ1) is 9.72. The highest BCUT2D eigenvalue weighted by atomic mass is 35.5. The molecule has 0 saturated heterocycles. The van der Waals surface area contributed by atoms with Crippen LogP contribution in [0.25, 0.3) is 0 Å². The molecule has 1 heterocycles. The molecule has 0 radical (unpaired) electrons. The van der Waals surface area contributed by atoms with Gasteiger partial charge in [0, 0.05) is 6.04 Å². The summed E-state index contributed by atoms with van der Waals surface area (Å²) in [6.45, 7) is 1.10. The molecular formula is C15H15Cl2NO2. The number of halogens is 2. The molecule has 0 bridgehead atoms. The van der Waals surface area contributed by atoms with Gasteiger partial charge >= 0.3 is 0 Å². The van der Waals surface area contributed by atoms with Crippen LogP contribution < -0.4 is 10.1 Å². The Kier molecular flexibility index (Phi) is 4.20. The molecule has 1 aliphatic carbocycles. The van der Waals surface area contributed by atoms with Crippen molar-refractivity contribution in [3.05, 3.63) is 51.9 Å².